The lowest BCUT2D eigenvalue weighted by Gasteiger charge is -2.10. The van der Waals surface area contributed by atoms with Gasteiger partial charge in [0.1, 0.15) is 11.6 Å². The maximum absolute atomic E-state index is 13.7. The highest BCUT2D eigenvalue weighted by Gasteiger charge is 2.07. The summed E-state index contributed by atoms with van der Waals surface area (Å²) in [5.41, 5.74) is 2.29. The van der Waals surface area contributed by atoms with E-state index in [0.717, 1.165) is 11.1 Å². The summed E-state index contributed by atoms with van der Waals surface area (Å²) in [4.78, 5) is 4.10. The first kappa shape index (κ1) is 10.6. The molecular weight excluding hydrogens is 203 g/mol. The van der Waals surface area contributed by atoms with Crippen molar-refractivity contribution in [2.75, 3.05) is 5.32 Å². The molecule has 1 aromatic heterocycles. The lowest BCUT2D eigenvalue weighted by Crippen LogP contribution is -1.98. The second kappa shape index (κ2) is 4.31. The van der Waals surface area contributed by atoms with Crippen LogP contribution in [0, 0.1) is 19.7 Å². The summed E-state index contributed by atoms with van der Waals surface area (Å²) < 4.78 is 13.7. The molecule has 0 amide bonds. The Bertz CT molecular complexity index is 472. The molecule has 2 aromatic rings. The Morgan fingerprint density at radius 2 is 2.00 bits per heavy atom. The minimum atomic E-state index is -0.247. The highest BCUT2D eigenvalue weighted by atomic mass is 19.1. The van der Waals surface area contributed by atoms with E-state index in [2.05, 4.69) is 10.3 Å². The topological polar surface area (TPSA) is 24.9 Å². The van der Waals surface area contributed by atoms with Gasteiger partial charge in [-0.2, -0.15) is 0 Å². The molecule has 0 saturated heterocycles. The fourth-order valence-electron chi connectivity index (χ4n) is 1.64. The molecule has 0 radical (unpaired) electrons. The third kappa shape index (κ3) is 2.19. The van der Waals surface area contributed by atoms with Crippen LogP contribution in [0.2, 0.25) is 0 Å². The van der Waals surface area contributed by atoms with Gasteiger partial charge in [0, 0.05) is 6.20 Å². The standard InChI is InChI=1S/C13H13FN2/c1-9-7-10(2)13(11(14)8-9)16-12-5-3-4-6-15-12/h3-8H,1-2H3,(H,15,16). The van der Waals surface area contributed by atoms with Crippen molar-refractivity contribution < 1.29 is 4.39 Å². The fraction of sp³-hybridized carbons (Fsp3) is 0.154. The van der Waals surface area contributed by atoms with E-state index in [4.69, 9.17) is 0 Å². The Hall–Kier alpha value is -1.90. The van der Waals surface area contributed by atoms with Crippen molar-refractivity contribution in [2.45, 2.75) is 13.8 Å². The molecule has 1 aromatic carbocycles. The molecule has 1 heterocycles. The third-order valence-electron chi connectivity index (χ3n) is 2.35. The van der Waals surface area contributed by atoms with Crippen LogP contribution in [-0.4, -0.2) is 4.98 Å². The molecule has 2 rings (SSSR count). The van der Waals surface area contributed by atoms with Crippen LogP contribution in [0.3, 0.4) is 0 Å². The maximum Gasteiger partial charge on any atom is 0.147 e. The molecule has 0 atom stereocenters. The van der Waals surface area contributed by atoms with Crippen molar-refractivity contribution in [2.24, 2.45) is 0 Å². The summed E-state index contributed by atoms with van der Waals surface area (Å²) in [7, 11) is 0. The molecular formula is C13H13FN2. The number of halogens is 1. The van der Waals surface area contributed by atoms with Crippen molar-refractivity contribution >= 4 is 11.5 Å². The Balaban J connectivity index is 2.35. The second-order valence-corrected chi connectivity index (χ2v) is 3.78. The minimum Gasteiger partial charge on any atom is -0.338 e. The van der Waals surface area contributed by atoms with E-state index in [0.29, 0.717) is 11.5 Å². The van der Waals surface area contributed by atoms with Gasteiger partial charge >= 0.3 is 0 Å². The van der Waals surface area contributed by atoms with Crippen molar-refractivity contribution in [1.82, 2.24) is 4.98 Å². The summed E-state index contributed by atoms with van der Waals surface area (Å²) in [5, 5.41) is 2.98. The van der Waals surface area contributed by atoms with Gasteiger partial charge in [0.15, 0.2) is 0 Å². The van der Waals surface area contributed by atoms with E-state index in [1.54, 1.807) is 12.3 Å². The first-order chi connectivity index (χ1) is 7.66. The van der Waals surface area contributed by atoms with Gasteiger partial charge in [-0.05, 0) is 43.2 Å². The molecule has 0 aliphatic rings. The van der Waals surface area contributed by atoms with Gasteiger partial charge in [-0.1, -0.05) is 12.1 Å². The van der Waals surface area contributed by atoms with Crippen LogP contribution >= 0.6 is 0 Å². The first-order valence-corrected chi connectivity index (χ1v) is 5.11. The SMILES string of the molecule is Cc1cc(C)c(Nc2ccccn2)c(F)c1. The smallest absolute Gasteiger partial charge is 0.147 e. The van der Waals surface area contributed by atoms with Crippen molar-refractivity contribution in [3.8, 4) is 0 Å². The Morgan fingerprint density at radius 1 is 1.19 bits per heavy atom. The van der Waals surface area contributed by atoms with Crippen LogP contribution in [0.5, 0.6) is 0 Å². The molecule has 82 valence electrons. The number of rotatable bonds is 2. The summed E-state index contributed by atoms with van der Waals surface area (Å²) in [6, 6.07) is 8.94. The Morgan fingerprint density at radius 3 is 2.62 bits per heavy atom. The third-order valence-corrected chi connectivity index (χ3v) is 2.35. The highest BCUT2D eigenvalue weighted by molar-refractivity contribution is 5.61. The lowest BCUT2D eigenvalue weighted by atomic mass is 10.1. The van der Waals surface area contributed by atoms with Gasteiger partial charge in [-0.3, -0.25) is 0 Å². The van der Waals surface area contributed by atoms with E-state index in [-0.39, 0.29) is 5.82 Å². The zero-order valence-electron chi connectivity index (χ0n) is 9.29. The second-order valence-electron chi connectivity index (χ2n) is 3.78. The van der Waals surface area contributed by atoms with Gasteiger partial charge in [-0.15, -0.1) is 0 Å². The largest absolute Gasteiger partial charge is 0.338 e. The zero-order chi connectivity index (χ0) is 11.5. The summed E-state index contributed by atoms with van der Waals surface area (Å²) >= 11 is 0. The molecule has 16 heavy (non-hydrogen) atoms. The molecule has 0 fully saturated rings. The zero-order valence-corrected chi connectivity index (χ0v) is 9.29. The van der Waals surface area contributed by atoms with Crippen LogP contribution in [0.25, 0.3) is 0 Å². The van der Waals surface area contributed by atoms with E-state index >= 15 is 0 Å². The summed E-state index contributed by atoms with van der Waals surface area (Å²) in [6.07, 6.45) is 1.67. The van der Waals surface area contributed by atoms with Crippen molar-refractivity contribution in [3.63, 3.8) is 0 Å². The minimum absolute atomic E-state index is 0.247. The van der Waals surface area contributed by atoms with Gasteiger partial charge in [0.25, 0.3) is 0 Å². The van der Waals surface area contributed by atoms with Crippen molar-refractivity contribution in [1.29, 1.82) is 0 Å². The van der Waals surface area contributed by atoms with Crippen LogP contribution < -0.4 is 5.32 Å². The molecule has 3 heteroatoms. The van der Waals surface area contributed by atoms with Crippen molar-refractivity contribution in [3.05, 3.63) is 53.5 Å². The number of aryl methyl sites for hydroxylation is 2. The van der Waals surface area contributed by atoms with Crippen LogP contribution in [0.1, 0.15) is 11.1 Å². The number of hydrogen-bond donors (Lipinski definition) is 1. The summed E-state index contributed by atoms with van der Waals surface area (Å²) in [5.74, 6) is 0.400. The Kier molecular flexibility index (Phi) is 2.86. The maximum atomic E-state index is 13.7. The number of pyridine rings is 1. The number of anilines is 2. The molecule has 0 aliphatic carbocycles. The van der Waals surface area contributed by atoms with E-state index < -0.39 is 0 Å². The summed E-state index contributed by atoms with van der Waals surface area (Å²) in [6.45, 7) is 3.75. The number of nitrogens with one attached hydrogen (secondary N) is 1. The fourth-order valence-corrected chi connectivity index (χ4v) is 1.64. The molecule has 2 nitrogen and oxygen atoms in total. The van der Waals surface area contributed by atoms with E-state index in [9.17, 15) is 4.39 Å². The average molecular weight is 216 g/mol. The van der Waals surface area contributed by atoms with Crippen LogP contribution in [-0.2, 0) is 0 Å². The number of nitrogens with zero attached hydrogens (tertiary/aromatic N) is 1. The predicted octanol–water partition coefficient (Wildman–Crippen LogP) is 3.58. The molecule has 0 bridgehead atoms. The van der Waals surface area contributed by atoms with E-state index in [1.807, 2.05) is 32.0 Å². The Labute approximate surface area is 94.2 Å². The highest BCUT2D eigenvalue weighted by Crippen LogP contribution is 2.23. The monoisotopic (exact) mass is 216 g/mol. The lowest BCUT2D eigenvalue weighted by molar-refractivity contribution is 0.629. The van der Waals surface area contributed by atoms with Gasteiger partial charge in [0.05, 0.1) is 5.69 Å². The van der Waals surface area contributed by atoms with Gasteiger partial charge in [-0.25, -0.2) is 9.37 Å². The normalized spacial score (nSPS) is 10.2. The van der Waals surface area contributed by atoms with Crippen LogP contribution in [0.4, 0.5) is 15.9 Å². The molecule has 0 saturated carbocycles. The number of benzene rings is 1. The van der Waals surface area contributed by atoms with Gasteiger partial charge < -0.3 is 5.32 Å². The molecule has 0 spiro atoms. The number of hydrogen-bond acceptors (Lipinski definition) is 2. The number of aromatic nitrogens is 1. The molecule has 0 aliphatic heterocycles. The quantitative estimate of drug-likeness (QED) is 0.829. The molecule has 1 N–H and O–H groups in total. The van der Waals surface area contributed by atoms with Gasteiger partial charge in [0.2, 0.25) is 0 Å². The first-order valence-electron chi connectivity index (χ1n) is 5.11. The molecule has 0 unspecified atom stereocenters. The van der Waals surface area contributed by atoms with Crippen LogP contribution in [0.15, 0.2) is 36.5 Å². The average Bonchev–Trinajstić information content (AvgIpc) is 2.25. The van der Waals surface area contributed by atoms with E-state index in [1.165, 1.54) is 6.07 Å². The predicted molar refractivity (Wildman–Crippen MR) is 63.4 cm³/mol.